The molecule has 3 rings (SSSR count). The van der Waals surface area contributed by atoms with Crippen LogP contribution < -0.4 is 24.4 Å². The Bertz CT molecular complexity index is 1170. The van der Waals surface area contributed by atoms with Crippen molar-refractivity contribution in [1.29, 1.82) is 0 Å². The molecule has 0 aliphatic rings. The van der Waals surface area contributed by atoms with Gasteiger partial charge in [0.1, 0.15) is 18.1 Å². The molecular weight excluding hydrogens is 444 g/mol. The molecule has 0 saturated heterocycles. The van der Waals surface area contributed by atoms with Gasteiger partial charge in [-0.2, -0.15) is 5.10 Å². The number of carbonyl (C=O) groups is 1. The lowest BCUT2D eigenvalue weighted by Gasteiger charge is -2.15. The first-order chi connectivity index (χ1) is 16.8. The Kier molecular flexibility index (Phi) is 8.73. The van der Waals surface area contributed by atoms with Crippen LogP contribution in [0, 0.1) is 20.8 Å². The second kappa shape index (κ2) is 11.9. The summed E-state index contributed by atoms with van der Waals surface area (Å²) in [5, 5.41) is 4.08. The van der Waals surface area contributed by atoms with Crippen molar-refractivity contribution >= 4 is 12.1 Å². The molecule has 0 saturated carbocycles. The monoisotopic (exact) mass is 476 g/mol. The van der Waals surface area contributed by atoms with E-state index in [0.29, 0.717) is 41.8 Å². The molecule has 0 aliphatic carbocycles. The Morgan fingerprint density at radius 2 is 1.54 bits per heavy atom. The van der Waals surface area contributed by atoms with E-state index in [1.807, 2.05) is 25.1 Å². The van der Waals surface area contributed by atoms with Gasteiger partial charge in [-0.3, -0.25) is 4.79 Å². The number of amides is 1. The minimum atomic E-state index is -0.382. The van der Waals surface area contributed by atoms with Crippen molar-refractivity contribution in [2.75, 3.05) is 20.8 Å². The van der Waals surface area contributed by atoms with Crippen molar-refractivity contribution in [3.05, 3.63) is 81.9 Å². The molecule has 0 radical (unpaired) electrons. The molecule has 0 bridgehead atoms. The van der Waals surface area contributed by atoms with Crippen LogP contribution in [0.5, 0.6) is 23.0 Å². The Labute approximate surface area is 206 Å². The Hall–Kier alpha value is -4.00. The second-order valence-corrected chi connectivity index (χ2v) is 8.11. The van der Waals surface area contributed by atoms with Crippen LogP contribution >= 0.6 is 0 Å². The molecule has 3 aromatic rings. The first-order valence-electron chi connectivity index (χ1n) is 11.4. The standard InChI is InChI=1S/C28H32N2O5/c1-7-34-27-12-21(8-9-26(27)35-17-25-19(3)10-18(2)11-20(25)4)16-29-30-28(31)22-13-23(32-5)15-24(14-22)33-6/h8-16H,7,17H2,1-6H3,(H,30,31). The summed E-state index contributed by atoms with van der Waals surface area (Å²) in [6.07, 6.45) is 1.55. The predicted molar refractivity (Wildman–Crippen MR) is 137 cm³/mol. The zero-order valence-electron chi connectivity index (χ0n) is 21.1. The molecule has 0 aromatic heterocycles. The topological polar surface area (TPSA) is 78.4 Å². The van der Waals surface area contributed by atoms with Crippen molar-refractivity contribution in [3.63, 3.8) is 0 Å². The highest BCUT2D eigenvalue weighted by molar-refractivity contribution is 5.95. The van der Waals surface area contributed by atoms with Gasteiger partial charge in [-0.1, -0.05) is 17.7 Å². The van der Waals surface area contributed by atoms with Gasteiger partial charge in [0.25, 0.3) is 5.91 Å². The molecule has 184 valence electrons. The van der Waals surface area contributed by atoms with Crippen LogP contribution in [0.3, 0.4) is 0 Å². The fourth-order valence-corrected chi connectivity index (χ4v) is 3.75. The average Bonchev–Trinajstić information content (AvgIpc) is 2.84. The predicted octanol–water partition coefficient (Wildman–Crippen LogP) is 5.37. The molecule has 0 aliphatic heterocycles. The smallest absolute Gasteiger partial charge is 0.271 e. The van der Waals surface area contributed by atoms with Crippen LogP contribution in [0.25, 0.3) is 0 Å². The maximum absolute atomic E-state index is 12.5. The van der Waals surface area contributed by atoms with Crippen LogP contribution in [0.1, 0.15) is 45.1 Å². The summed E-state index contributed by atoms with van der Waals surface area (Å²) in [5.41, 5.74) is 8.47. The van der Waals surface area contributed by atoms with Gasteiger partial charge in [-0.25, -0.2) is 5.43 Å². The summed E-state index contributed by atoms with van der Waals surface area (Å²) in [7, 11) is 3.06. The summed E-state index contributed by atoms with van der Waals surface area (Å²) in [6, 6.07) is 14.8. The van der Waals surface area contributed by atoms with E-state index in [9.17, 15) is 4.79 Å². The number of hydrogen-bond acceptors (Lipinski definition) is 6. The molecule has 7 nitrogen and oxygen atoms in total. The third-order valence-electron chi connectivity index (χ3n) is 5.47. The summed E-state index contributed by atoms with van der Waals surface area (Å²) in [4.78, 5) is 12.5. The number of nitrogens with zero attached hydrogens (tertiary/aromatic N) is 1. The molecule has 1 amide bonds. The Morgan fingerprint density at radius 3 is 2.14 bits per heavy atom. The van der Waals surface area contributed by atoms with Gasteiger partial charge in [0.05, 0.1) is 27.0 Å². The van der Waals surface area contributed by atoms with Crippen molar-refractivity contribution in [2.45, 2.75) is 34.3 Å². The minimum absolute atomic E-state index is 0.374. The number of carbonyl (C=O) groups excluding carboxylic acids is 1. The van der Waals surface area contributed by atoms with Crippen LogP contribution in [-0.2, 0) is 6.61 Å². The van der Waals surface area contributed by atoms with Crippen LogP contribution in [0.4, 0.5) is 0 Å². The summed E-state index contributed by atoms with van der Waals surface area (Å²) < 4.78 is 22.3. The molecule has 0 fully saturated rings. The van der Waals surface area contributed by atoms with Gasteiger partial charge in [0, 0.05) is 11.6 Å². The molecule has 0 unspecified atom stereocenters. The van der Waals surface area contributed by atoms with Crippen molar-refractivity contribution in [1.82, 2.24) is 5.43 Å². The first-order valence-corrected chi connectivity index (χ1v) is 11.4. The first kappa shape index (κ1) is 25.6. The lowest BCUT2D eigenvalue weighted by molar-refractivity contribution is 0.0954. The zero-order chi connectivity index (χ0) is 25.4. The third-order valence-corrected chi connectivity index (χ3v) is 5.47. The number of rotatable bonds is 10. The van der Waals surface area contributed by atoms with E-state index in [-0.39, 0.29) is 5.91 Å². The number of nitrogens with one attached hydrogen (secondary N) is 1. The van der Waals surface area contributed by atoms with Gasteiger partial charge in [0.2, 0.25) is 0 Å². The highest BCUT2D eigenvalue weighted by Gasteiger charge is 2.11. The molecule has 35 heavy (non-hydrogen) atoms. The van der Waals surface area contributed by atoms with E-state index >= 15 is 0 Å². The van der Waals surface area contributed by atoms with Gasteiger partial charge in [-0.05, 0) is 80.3 Å². The lowest BCUT2D eigenvalue weighted by Crippen LogP contribution is -2.17. The summed E-state index contributed by atoms with van der Waals surface area (Å²) in [6.45, 7) is 9.14. The van der Waals surface area contributed by atoms with Gasteiger partial charge in [0.15, 0.2) is 11.5 Å². The molecule has 3 aromatic carbocycles. The molecule has 7 heteroatoms. The minimum Gasteiger partial charge on any atom is -0.497 e. The molecule has 0 spiro atoms. The quantitative estimate of drug-likeness (QED) is 0.314. The van der Waals surface area contributed by atoms with E-state index in [2.05, 4.69) is 43.4 Å². The fourth-order valence-electron chi connectivity index (χ4n) is 3.75. The lowest BCUT2D eigenvalue weighted by atomic mass is 10.0. The molecule has 1 N–H and O–H groups in total. The number of ether oxygens (including phenoxy) is 4. The van der Waals surface area contributed by atoms with E-state index < -0.39 is 0 Å². The Morgan fingerprint density at radius 1 is 0.886 bits per heavy atom. The van der Waals surface area contributed by atoms with Crippen molar-refractivity contribution in [3.8, 4) is 23.0 Å². The van der Waals surface area contributed by atoms with Gasteiger partial charge in [-0.15, -0.1) is 0 Å². The molecular formula is C28H32N2O5. The van der Waals surface area contributed by atoms with Gasteiger partial charge < -0.3 is 18.9 Å². The maximum atomic E-state index is 12.5. The SMILES string of the molecule is CCOc1cc(C=NNC(=O)c2cc(OC)cc(OC)c2)ccc1OCc1c(C)cc(C)cc1C. The zero-order valence-corrected chi connectivity index (χ0v) is 21.1. The van der Waals surface area contributed by atoms with Crippen LogP contribution in [-0.4, -0.2) is 32.9 Å². The fraction of sp³-hybridized carbons (Fsp3) is 0.286. The maximum Gasteiger partial charge on any atom is 0.271 e. The van der Waals surface area contributed by atoms with E-state index in [1.54, 1.807) is 24.4 Å². The number of aryl methyl sites for hydroxylation is 3. The number of benzene rings is 3. The van der Waals surface area contributed by atoms with Crippen LogP contribution in [0.15, 0.2) is 53.6 Å². The van der Waals surface area contributed by atoms with E-state index in [4.69, 9.17) is 18.9 Å². The Balaban J connectivity index is 1.71. The third kappa shape index (κ3) is 6.76. The summed E-state index contributed by atoms with van der Waals surface area (Å²) in [5.74, 6) is 1.92. The second-order valence-electron chi connectivity index (χ2n) is 8.11. The van der Waals surface area contributed by atoms with Crippen molar-refractivity contribution in [2.24, 2.45) is 5.10 Å². The van der Waals surface area contributed by atoms with Gasteiger partial charge >= 0.3 is 0 Å². The van der Waals surface area contributed by atoms with Crippen molar-refractivity contribution < 1.29 is 23.7 Å². The number of methoxy groups -OCH3 is 2. The molecule has 0 atom stereocenters. The largest absolute Gasteiger partial charge is 0.497 e. The van der Waals surface area contributed by atoms with E-state index in [1.165, 1.54) is 36.5 Å². The number of hydrazone groups is 1. The van der Waals surface area contributed by atoms with Crippen LogP contribution in [0.2, 0.25) is 0 Å². The van der Waals surface area contributed by atoms with E-state index in [0.717, 1.165) is 5.56 Å². The summed E-state index contributed by atoms with van der Waals surface area (Å²) >= 11 is 0. The number of hydrogen-bond donors (Lipinski definition) is 1. The highest BCUT2D eigenvalue weighted by Crippen LogP contribution is 2.30. The molecule has 0 heterocycles. The normalized spacial score (nSPS) is 10.8. The average molecular weight is 477 g/mol. The highest BCUT2D eigenvalue weighted by atomic mass is 16.5.